The van der Waals surface area contributed by atoms with Crippen molar-refractivity contribution in [3.63, 3.8) is 0 Å². The third-order valence-electron chi connectivity index (χ3n) is 1.86. The quantitative estimate of drug-likeness (QED) is 0.805. The Balaban J connectivity index is 2.02. The topological polar surface area (TPSA) is 64.9 Å². The number of aromatic nitrogens is 2. The van der Waals surface area contributed by atoms with Crippen LogP contribution in [0, 0.1) is 6.92 Å². The van der Waals surface area contributed by atoms with Crippen LogP contribution < -0.4 is 5.73 Å². The van der Waals surface area contributed by atoms with Gasteiger partial charge in [0.05, 0.1) is 17.6 Å². The van der Waals surface area contributed by atoms with E-state index in [1.165, 1.54) is 0 Å². The maximum atomic E-state index is 5.76. The summed E-state index contributed by atoms with van der Waals surface area (Å²) in [5.74, 6) is 1.58. The molecule has 15 heavy (non-hydrogen) atoms. The minimum atomic E-state index is 0.697. The standard InChI is InChI=1S/C10H11N3OS/c1-7-4-8(13-14-7)6-15-10-2-3-12-5-9(10)11/h2-5H,6,11H2,1H3. The molecule has 0 saturated carbocycles. The highest BCUT2D eigenvalue weighted by molar-refractivity contribution is 7.98. The number of nitrogen functional groups attached to an aromatic ring is 1. The first-order valence-corrected chi connectivity index (χ1v) is 5.49. The van der Waals surface area contributed by atoms with Gasteiger partial charge in [-0.15, -0.1) is 11.8 Å². The number of hydrogen-bond acceptors (Lipinski definition) is 5. The van der Waals surface area contributed by atoms with Crippen LogP contribution in [0.3, 0.4) is 0 Å². The van der Waals surface area contributed by atoms with Crippen LogP contribution in [-0.4, -0.2) is 10.1 Å². The molecule has 0 unspecified atom stereocenters. The first-order chi connectivity index (χ1) is 7.25. The largest absolute Gasteiger partial charge is 0.397 e. The molecule has 0 atom stereocenters. The smallest absolute Gasteiger partial charge is 0.133 e. The maximum Gasteiger partial charge on any atom is 0.133 e. The Kier molecular flexibility index (Phi) is 2.91. The molecule has 0 aliphatic rings. The number of nitrogens with zero attached hydrogens (tertiary/aromatic N) is 2. The summed E-state index contributed by atoms with van der Waals surface area (Å²) in [6.45, 7) is 1.88. The molecule has 0 fully saturated rings. The second kappa shape index (κ2) is 4.35. The summed E-state index contributed by atoms with van der Waals surface area (Å²) in [5.41, 5.74) is 7.38. The third-order valence-corrected chi connectivity index (χ3v) is 2.99. The highest BCUT2D eigenvalue weighted by atomic mass is 32.2. The summed E-state index contributed by atoms with van der Waals surface area (Å²) >= 11 is 1.63. The Morgan fingerprint density at radius 1 is 1.53 bits per heavy atom. The van der Waals surface area contributed by atoms with Gasteiger partial charge in [0.15, 0.2) is 0 Å². The van der Waals surface area contributed by atoms with E-state index < -0.39 is 0 Å². The van der Waals surface area contributed by atoms with Crippen LogP contribution in [0.1, 0.15) is 11.5 Å². The molecule has 0 aliphatic heterocycles. The summed E-state index contributed by atoms with van der Waals surface area (Å²) in [4.78, 5) is 4.95. The van der Waals surface area contributed by atoms with Gasteiger partial charge in [-0.05, 0) is 13.0 Å². The Morgan fingerprint density at radius 2 is 2.40 bits per heavy atom. The van der Waals surface area contributed by atoms with Crippen molar-refractivity contribution in [3.8, 4) is 0 Å². The average molecular weight is 221 g/mol. The van der Waals surface area contributed by atoms with Gasteiger partial charge in [0.25, 0.3) is 0 Å². The summed E-state index contributed by atoms with van der Waals surface area (Å²) in [6, 6.07) is 3.82. The summed E-state index contributed by atoms with van der Waals surface area (Å²) < 4.78 is 4.98. The van der Waals surface area contributed by atoms with Crippen LogP contribution in [0.15, 0.2) is 33.9 Å². The van der Waals surface area contributed by atoms with E-state index in [1.807, 2.05) is 19.1 Å². The number of rotatable bonds is 3. The summed E-state index contributed by atoms with van der Waals surface area (Å²) in [6.07, 6.45) is 3.38. The highest BCUT2D eigenvalue weighted by Crippen LogP contribution is 2.26. The van der Waals surface area contributed by atoms with Gasteiger partial charge >= 0.3 is 0 Å². The molecule has 2 rings (SSSR count). The third kappa shape index (κ3) is 2.50. The van der Waals surface area contributed by atoms with Crippen molar-refractivity contribution in [1.82, 2.24) is 10.1 Å². The molecule has 2 heterocycles. The fourth-order valence-corrected chi connectivity index (χ4v) is 1.98. The molecule has 5 heteroatoms. The van der Waals surface area contributed by atoms with E-state index in [2.05, 4.69) is 10.1 Å². The number of aryl methyl sites for hydroxylation is 1. The van der Waals surface area contributed by atoms with Gasteiger partial charge in [0.2, 0.25) is 0 Å². The average Bonchev–Trinajstić information content (AvgIpc) is 2.63. The van der Waals surface area contributed by atoms with Crippen LogP contribution in [-0.2, 0) is 5.75 Å². The number of anilines is 1. The lowest BCUT2D eigenvalue weighted by Gasteiger charge is -2.01. The second-order valence-corrected chi connectivity index (χ2v) is 4.15. The molecule has 0 spiro atoms. The van der Waals surface area contributed by atoms with E-state index in [1.54, 1.807) is 24.2 Å². The number of nitrogens with two attached hydrogens (primary N) is 1. The number of pyridine rings is 1. The van der Waals surface area contributed by atoms with Crippen molar-refractivity contribution in [2.45, 2.75) is 17.6 Å². The lowest BCUT2D eigenvalue weighted by atomic mass is 10.4. The Morgan fingerprint density at radius 3 is 3.07 bits per heavy atom. The lowest BCUT2D eigenvalue weighted by molar-refractivity contribution is 0.393. The molecule has 0 aliphatic carbocycles. The van der Waals surface area contributed by atoms with Gasteiger partial charge in [0, 0.05) is 22.9 Å². The van der Waals surface area contributed by atoms with Crippen LogP contribution in [0.2, 0.25) is 0 Å². The van der Waals surface area contributed by atoms with Gasteiger partial charge in [-0.25, -0.2) is 0 Å². The molecule has 2 aromatic heterocycles. The van der Waals surface area contributed by atoms with Gasteiger partial charge in [0.1, 0.15) is 5.76 Å². The zero-order valence-electron chi connectivity index (χ0n) is 8.30. The van der Waals surface area contributed by atoms with Gasteiger partial charge in [-0.3, -0.25) is 4.98 Å². The van der Waals surface area contributed by atoms with E-state index >= 15 is 0 Å². The van der Waals surface area contributed by atoms with Crippen molar-refractivity contribution in [2.24, 2.45) is 0 Å². The first-order valence-electron chi connectivity index (χ1n) is 4.50. The first kappa shape index (κ1) is 10.0. The zero-order valence-corrected chi connectivity index (χ0v) is 9.12. The fourth-order valence-electron chi connectivity index (χ4n) is 1.16. The Bertz CT molecular complexity index is 455. The minimum absolute atomic E-state index is 0.697. The molecule has 0 bridgehead atoms. The maximum absolute atomic E-state index is 5.76. The Hall–Kier alpha value is -1.49. The Labute approximate surface area is 91.9 Å². The van der Waals surface area contributed by atoms with Crippen molar-refractivity contribution in [1.29, 1.82) is 0 Å². The normalized spacial score (nSPS) is 10.5. The van der Waals surface area contributed by atoms with E-state index in [4.69, 9.17) is 10.3 Å². The number of thioether (sulfide) groups is 1. The number of hydrogen-bond donors (Lipinski definition) is 1. The van der Waals surface area contributed by atoms with E-state index in [9.17, 15) is 0 Å². The molecular weight excluding hydrogens is 210 g/mol. The molecule has 4 nitrogen and oxygen atoms in total. The molecule has 2 aromatic rings. The zero-order chi connectivity index (χ0) is 10.7. The van der Waals surface area contributed by atoms with Crippen molar-refractivity contribution in [3.05, 3.63) is 36.0 Å². The summed E-state index contributed by atoms with van der Waals surface area (Å²) in [7, 11) is 0. The minimum Gasteiger partial charge on any atom is -0.397 e. The molecule has 0 saturated heterocycles. The van der Waals surface area contributed by atoms with Crippen molar-refractivity contribution >= 4 is 17.4 Å². The predicted octanol–water partition coefficient (Wildman–Crippen LogP) is 2.25. The summed E-state index contributed by atoms with van der Waals surface area (Å²) in [5, 5.41) is 3.91. The van der Waals surface area contributed by atoms with Crippen LogP contribution in [0.25, 0.3) is 0 Å². The van der Waals surface area contributed by atoms with Crippen LogP contribution in [0.4, 0.5) is 5.69 Å². The highest BCUT2D eigenvalue weighted by Gasteiger charge is 2.03. The van der Waals surface area contributed by atoms with Gasteiger partial charge < -0.3 is 10.3 Å². The van der Waals surface area contributed by atoms with Crippen LogP contribution >= 0.6 is 11.8 Å². The second-order valence-electron chi connectivity index (χ2n) is 3.13. The predicted molar refractivity (Wildman–Crippen MR) is 59.5 cm³/mol. The van der Waals surface area contributed by atoms with E-state index in [-0.39, 0.29) is 0 Å². The fraction of sp³-hybridized carbons (Fsp3) is 0.200. The van der Waals surface area contributed by atoms with E-state index in [0.29, 0.717) is 5.69 Å². The van der Waals surface area contributed by atoms with Gasteiger partial charge in [-0.1, -0.05) is 5.16 Å². The molecule has 2 N–H and O–H groups in total. The SMILES string of the molecule is Cc1cc(CSc2ccncc2N)no1. The molecule has 0 amide bonds. The van der Waals surface area contributed by atoms with Crippen molar-refractivity contribution in [2.75, 3.05) is 5.73 Å². The monoisotopic (exact) mass is 221 g/mol. The molecular formula is C10H11N3OS. The van der Waals surface area contributed by atoms with E-state index in [0.717, 1.165) is 22.1 Å². The van der Waals surface area contributed by atoms with Crippen molar-refractivity contribution < 1.29 is 4.52 Å². The van der Waals surface area contributed by atoms with Gasteiger partial charge in [-0.2, -0.15) is 0 Å². The van der Waals surface area contributed by atoms with Crippen LogP contribution in [0.5, 0.6) is 0 Å². The lowest BCUT2D eigenvalue weighted by Crippen LogP contribution is -1.89. The molecule has 0 radical (unpaired) electrons. The molecule has 0 aromatic carbocycles. The molecule has 78 valence electrons.